The van der Waals surface area contributed by atoms with Gasteiger partial charge in [0.05, 0.1) is 24.8 Å². The predicted octanol–water partition coefficient (Wildman–Crippen LogP) is 2.52. The largest absolute Gasteiger partial charge is 0.492 e. The van der Waals surface area contributed by atoms with Gasteiger partial charge in [-0.05, 0) is 28.4 Å². The number of nitrogens with one attached hydrogen (secondary N) is 1. The fraction of sp³-hybridized carbons (Fsp3) is 0.533. The lowest BCUT2D eigenvalue weighted by Crippen LogP contribution is -2.19. The lowest BCUT2D eigenvalue weighted by atomic mass is 10.2. The van der Waals surface area contributed by atoms with Gasteiger partial charge in [-0.15, -0.1) is 0 Å². The quantitative estimate of drug-likeness (QED) is 0.513. The molecule has 0 heterocycles. The Bertz CT molecular complexity index is 440. The van der Waals surface area contributed by atoms with Gasteiger partial charge < -0.3 is 19.5 Å². The average Bonchev–Trinajstić information content (AvgIpc) is 2.49. The molecule has 1 aromatic carbocycles. The molecular formula is C15H22BrNO4. The van der Waals surface area contributed by atoms with Crippen LogP contribution in [0.15, 0.2) is 22.7 Å². The number of para-hydroxylation sites is 1. The Morgan fingerprint density at radius 1 is 1.29 bits per heavy atom. The third kappa shape index (κ3) is 6.93. The molecule has 6 heteroatoms. The summed E-state index contributed by atoms with van der Waals surface area (Å²) in [5.41, 5.74) is 1.07. The number of carbonyl (C=O) groups is 1. The molecule has 0 atom stereocenters. The Morgan fingerprint density at radius 3 is 2.81 bits per heavy atom. The molecule has 118 valence electrons. The van der Waals surface area contributed by atoms with Crippen molar-refractivity contribution < 1.29 is 19.0 Å². The molecule has 0 aliphatic heterocycles. The van der Waals surface area contributed by atoms with Crippen molar-refractivity contribution in [1.29, 1.82) is 0 Å². The number of rotatable bonds is 10. The number of halogens is 1. The molecule has 1 rings (SSSR count). The SMILES string of the molecule is COCCNCc1cccc(Br)c1OCCCC(=O)OC. The first-order valence-corrected chi connectivity index (χ1v) is 7.65. The van der Waals surface area contributed by atoms with E-state index in [2.05, 4.69) is 26.0 Å². The second kappa shape index (κ2) is 10.6. The van der Waals surface area contributed by atoms with Crippen molar-refractivity contribution in [2.24, 2.45) is 0 Å². The molecule has 1 aromatic rings. The first-order valence-electron chi connectivity index (χ1n) is 6.85. The summed E-state index contributed by atoms with van der Waals surface area (Å²) in [7, 11) is 3.07. The summed E-state index contributed by atoms with van der Waals surface area (Å²) < 4.78 is 16.3. The van der Waals surface area contributed by atoms with Gasteiger partial charge in [-0.25, -0.2) is 0 Å². The molecular weight excluding hydrogens is 338 g/mol. The average molecular weight is 360 g/mol. The number of esters is 1. The van der Waals surface area contributed by atoms with Crippen LogP contribution in [-0.4, -0.2) is 39.9 Å². The number of hydrogen-bond donors (Lipinski definition) is 1. The van der Waals surface area contributed by atoms with Crippen LogP contribution in [0.3, 0.4) is 0 Å². The highest BCUT2D eigenvalue weighted by Gasteiger charge is 2.08. The van der Waals surface area contributed by atoms with Crippen LogP contribution >= 0.6 is 15.9 Å². The van der Waals surface area contributed by atoms with Crippen molar-refractivity contribution in [2.75, 3.05) is 34.0 Å². The highest BCUT2D eigenvalue weighted by Crippen LogP contribution is 2.29. The van der Waals surface area contributed by atoms with Gasteiger partial charge in [-0.2, -0.15) is 0 Å². The van der Waals surface area contributed by atoms with Crippen molar-refractivity contribution in [1.82, 2.24) is 5.32 Å². The highest BCUT2D eigenvalue weighted by molar-refractivity contribution is 9.10. The van der Waals surface area contributed by atoms with Crippen molar-refractivity contribution in [3.8, 4) is 5.75 Å². The van der Waals surface area contributed by atoms with Crippen LogP contribution < -0.4 is 10.1 Å². The minimum atomic E-state index is -0.216. The van der Waals surface area contributed by atoms with Gasteiger partial charge in [0, 0.05) is 32.2 Å². The van der Waals surface area contributed by atoms with E-state index in [4.69, 9.17) is 9.47 Å². The Morgan fingerprint density at radius 2 is 2.10 bits per heavy atom. The van der Waals surface area contributed by atoms with E-state index >= 15 is 0 Å². The fourth-order valence-electron chi connectivity index (χ4n) is 1.74. The number of ether oxygens (including phenoxy) is 3. The molecule has 0 aliphatic carbocycles. The Kier molecular flexibility index (Phi) is 9.05. The summed E-state index contributed by atoms with van der Waals surface area (Å²) in [6, 6.07) is 5.92. The maximum Gasteiger partial charge on any atom is 0.305 e. The molecule has 1 N–H and O–H groups in total. The van der Waals surface area contributed by atoms with Crippen LogP contribution in [0.2, 0.25) is 0 Å². The second-order valence-corrected chi connectivity index (χ2v) is 5.28. The van der Waals surface area contributed by atoms with E-state index in [9.17, 15) is 4.79 Å². The molecule has 0 aliphatic rings. The molecule has 0 spiro atoms. The Labute approximate surface area is 134 Å². The number of hydrogen-bond acceptors (Lipinski definition) is 5. The van der Waals surface area contributed by atoms with E-state index in [0.717, 1.165) is 22.3 Å². The van der Waals surface area contributed by atoms with Crippen LogP contribution in [0.1, 0.15) is 18.4 Å². The van der Waals surface area contributed by atoms with E-state index < -0.39 is 0 Å². The summed E-state index contributed by atoms with van der Waals surface area (Å²) in [4.78, 5) is 11.1. The van der Waals surface area contributed by atoms with Gasteiger partial charge in [0.2, 0.25) is 0 Å². The third-order valence-electron chi connectivity index (χ3n) is 2.85. The van der Waals surface area contributed by atoms with Crippen molar-refractivity contribution in [3.05, 3.63) is 28.2 Å². The van der Waals surface area contributed by atoms with Crippen LogP contribution in [0.25, 0.3) is 0 Å². The topological polar surface area (TPSA) is 56.8 Å². The van der Waals surface area contributed by atoms with Gasteiger partial charge >= 0.3 is 5.97 Å². The van der Waals surface area contributed by atoms with Gasteiger partial charge in [0.15, 0.2) is 0 Å². The first-order chi connectivity index (χ1) is 10.2. The standard InChI is InChI=1S/C15H22BrNO4/c1-19-10-8-17-11-12-5-3-6-13(16)15(12)21-9-4-7-14(18)20-2/h3,5-6,17H,4,7-11H2,1-2H3. The summed E-state index contributed by atoms with van der Waals surface area (Å²) >= 11 is 3.50. The molecule has 0 bridgehead atoms. The maximum absolute atomic E-state index is 11.1. The fourth-order valence-corrected chi connectivity index (χ4v) is 2.27. The smallest absolute Gasteiger partial charge is 0.305 e. The number of methoxy groups -OCH3 is 2. The lowest BCUT2D eigenvalue weighted by molar-refractivity contribution is -0.140. The van der Waals surface area contributed by atoms with E-state index in [1.807, 2.05) is 18.2 Å². The van der Waals surface area contributed by atoms with E-state index in [-0.39, 0.29) is 5.97 Å². The Hall–Kier alpha value is -1.11. The normalized spacial score (nSPS) is 10.4. The van der Waals surface area contributed by atoms with Gasteiger partial charge in [-0.1, -0.05) is 12.1 Å². The van der Waals surface area contributed by atoms with Crippen molar-refractivity contribution >= 4 is 21.9 Å². The lowest BCUT2D eigenvalue weighted by Gasteiger charge is -2.14. The van der Waals surface area contributed by atoms with E-state index in [0.29, 0.717) is 32.6 Å². The molecule has 0 unspecified atom stereocenters. The van der Waals surface area contributed by atoms with Crippen LogP contribution in [0, 0.1) is 0 Å². The monoisotopic (exact) mass is 359 g/mol. The third-order valence-corrected chi connectivity index (χ3v) is 3.47. The van der Waals surface area contributed by atoms with Gasteiger partial charge in [0.25, 0.3) is 0 Å². The molecule has 21 heavy (non-hydrogen) atoms. The van der Waals surface area contributed by atoms with E-state index in [1.54, 1.807) is 7.11 Å². The van der Waals surface area contributed by atoms with Crippen molar-refractivity contribution in [2.45, 2.75) is 19.4 Å². The summed E-state index contributed by atoms with van der Waals surface area (Å²) in [5.74, 6) is 0.597. The number of carbonyl (C=O) groups excluding carboxylic acids is 1. The van der Waals surface area contributed by atoms with Crippen LogP contribution in [0.5, 0.6) is 5.75 Å². The second-order valence-electron chi connectivity index (χ2n) is 4.43. The number of benzene rings is 1. The van der Waals surface area contributed by atoms with Crippen LogP contribution in [0.4, 0.5) is 0 Å². The van der Waals surface area contributed by atoms with Gasteiger partial charge in [-0.3, -0.25) is 4.79 Å². The zero-order valence-corrected chi connectivity index (χ0v) is 14.1. The van der Waals surface area contributed by atoms with Gasteiger partial charge in [0.1, 0.15) is 5.75 Å². The molecule has 0 aromatic heterocycles. The molecule has 0 saturated carbocycles. The van der Waals surface area contributed by atoms with E-state index in [1.165, 1.54) is 7.11 Å². The molecule has 0 fully saturated rings. The zero-order valence-electron chi connectivity index (χ0n) is 12.5. The highest BCUT2D eigenvalue weighted by atomic mass is 79.9. The van der Waals surface area contributed by atoms with Crippen molar-refractivity contribution in [3.63, 3.8) is 0 Å². The van der Waals surface area contributed by atoms with Crippen LogP contribution in [-0.2, 0) is 20.8 Å². The zero-order chi connectivity index (χ0) is 15.5. The first kappa shape index (κ1) is 17.9. The minimum Gasteiger partial charge on any atom is -0.492 e. The minimum absolute atomic E-state index is 0.216. The summed E-state index contributed by atoms with van der Waals surface area (Å²) in [6.07, 6.45) is 0.993. The predicted molar refractivity (Wildman–Crippen MR) is 84.5 cm³/mol. The summed E-state index contributed by atoms with van der Waals surface area (Å²) in [6.45, 7) is 2.63. The molecule has 5 nitrogen and oxygen atoms in total. The Balaban J connectivity index is 2.48. The maximum atomic E-state index is 11.1. The molecule has 0 radical (unpaired) electrons. The summed E-state index contributed by atoms with van der Waals surface area (Å²) in [5, 5.41) is 3.29. The molecule has 0 saturated heterocycles. The molecule has 0 amide bonds.